The van der Waals surface area contributed by atoms with Crippen LogP contribution in [-0.2, 0) is 11.2 Å². The molecule has 2 aromatic carbocycles. The fourth-order valence-corrected chi connectivity index (χ4v) is 2.71. The molecule has 0 saturated heterocycles. The summed E-state index contributed by atoms with van der Waals surface area (Å²) in [5.41, 5.74) is 3.02. The van der Waals surface area contributed by atoms with E-state index in [-0.39, 0.29) is 22.9 Å². The molecule has 2 N–H and O–H groups in total. The summed E-state index contributed by atoms with van der Waals surface area (Å²) in [4.78, 5) is 22.2. The quantitative estimate of drug-likeness (QED) is 0.446. The van der Waals surface area contributed by atoms with E-state index in [1.165, 1.54) is 30.5 Å². The minimum atomic E-state index is -0.540. The minimum absolute atomic E-state index is 0.0887. The average molecular weight is 413 g/mol. The normalized spacial score (nSPS) is 10.8. The number of phenols is 1. The third-order valence-electron chi connectivity index (χ3n) is 2.98. The molecule has 0 heterocycles. The second-order valence-corrected chi connectivity index (χ2v) is 5.95. The number of nitrogens with one attached hydrogen (secondary N) is 1. The van der Waals surface area contributed by atoms with E-state index in [0.717, 1.165) is 0 Å². The number of halogens is 2. The number of aromatic hydroxyl groups is 1. The molecule has 0 unspecified atom stereocenters. The van der Waals surface area contributed by atoms with E-state index in [4.69, 9.17) is 11.6 Å². The highest BCUT2D eigenvalue weighted by atomic mass is 79.9. The molecule has 0 aliphatic rings. The third-order valence-corrected chi connectivity index (χ3v) is 3.87. The molecule has 124 valence electrons. The fraction of sp³-hybridized carbons (Fsp3) is 0.0667. The highest BCUT2D eigenvalue weighted by Gasteiger charge is 2.15. The molecule has 0 fully saturated rings. The van der Waals surface area contributed by atoms with Crippen molar-refractivity contribution in [3.8, 4) is 5.75 Å². The molecule has 9 heteroatoms. The first-order valence-electron chi connectivity index (χ1n) is 6.60. The number of nitro groups is 1. The molecule has 0 bridgehead atoms. The number of benzene rings is 2. The number of nitro benzene ring substituents is 1. The molecule has 24 heavy (non-hydrogen) atoms. The number of hydrogen-bond donors (Lipinski definition) is 2. The summed E-state index contributed by atoms with van der Waals surface area (Å²) in [5.74, 6) is -0.585. The van der Waals surface area contributed by atoms with E-state index in [0.29, 0.717) is 15.6 Å². The highest BCUT2D eigenvalue weighted by molar-refractivity contribution is 9.10. The van der Waals surface area contributed by atoms with Crippen LogP contribution in [0.5, 0.6) is 5.75 Å². The molecule has 0 aromatic heterocycles. The number of carbonyl (C=O) groups excluding carboxylic acids is 1. The predicted octanol–water partition coefficient (Wildman–Crippen LogP) is 3.41. The first-order valence-corrected chi connectivity index (χ1v) is 7.78. The van der Waals surface area contributed by atoms with Gasteiger partial charge in [0.05, 0.1) is 27.1 Å². The second kappa shape index (κ2) is 7.89. The Bertz CT molecular complexity index is 803. The van der Waals surface area contributed by atoms with Gasteiger partial charge in [0, 0.05) is 11.6 Å². The molecule has 2 aromatic rings. The molecule has 7 nitrogen and oxygen atoms in total. The van der Waals surface area contributed by atoms with Crippen molar-refractivity contribution in [1.29, 1.82) is 0 Å². The number of rotatable bonds is 5. The van der Waals surface area contributed by atoms with Gasteiger partial charge in [-0.3, -0.25) is 14.9 Å². The number of hydrogen-bond acceptors (Lipinski definition) is 5. The summed E-state index contributed by atoms with van der Waals surface area (Å²) < 4.78 is 0.391. The predicted molar refractivity (Wildman–Crippen MR) is 93.4 cm³/mol. The Kier molecular flexibility index (Phi) is 5.88. The Labute approximate surface area is 150 Å². The van der Waals surface area contributed by atoms with Gasteiger partial charge in [-0.25, -0.2) is 5.43 Å². The van der Waals surface area contributed by atoms with Gasteiger partial charge in [0.25, 0.3) is 5.69 Å². The number of amides is 1. The molecule has 0 atom stereocenters. The van der Waals surface area contributed by atoms with Gasteiger partial charge in [0.2, 0.25) is 5.91 Å². The maximum absolute atomic E-state index is 11.8. The van der Waals surface area contributed by atoms with Crippen LogP contribution in [0.15, 0.2) is 46.0 Å². The van der Waals surface area contributed by atoms with Gasteiger partial charge in [-0.15, -0.1) is 0 Å². The fourth-order valence-electron chi connectivity index (χ4n) is 1.89. The van der Waals surface area contributed by atoms with Crippen molar-refractivity contribution in [2.24, 2.45) is 5.10 Å². The topological polar surface area (TPSA) is 105 Å². The molecule has 0 spiro atoms. The van der Waals surface area contributed by atoms with Crippen molar-refractivity contribution in [2.45, 2.75) is 6.42 Å². The minimum Gasteiger partial charge on any atom is -0.505 e. The monoisotopic (exact) mass is 411 g/mol. The van der Waals surface area contributed by atoms with Crippen LogP contribution in [0.25, 0.3) is 0 Å². The van der Waals surface area contributed by atoms with Crippen molar-refractivity contribution < 1.29 is 14.8 Å². The summed E-state index contributed by atoms with van der Waals surface area (Å²) in [6, 6.07) is 9.04. The highest BCUT2D eigenvalue weighted by Crippen LogP contribution is 2.32. The van der Waals surface area contributed by atoms with E-state index in [1.54, 1.807) is 12.1 Å². The zero-order chi connectivity index (χ0) is 17.7. The van der Waals surface area contributed by atoms with Crippen LogP contribution in [-0.4, -0.2) is 22.2 Å². The lowest BCUT2D eigenvalue weighted by atomic mass is 10.1. The van der Waals surface area contributed by atoms with Crippen molar-refractivity contribution in [2.75, 3.05) is 0 Å². The van der Waals surface area contributed by atoms with E-state index < -0.39 is 10.8 Å². The van der Waals surface area contributed by atoms with Crippen LogP contribution in [0.2, 0.25) is 5.02 Å². The summed E-state index contributed by atoms with van der Waals surface area (Å²) >= 11 is 8.96. The third kappa shape index (κ3) is 4.53. The van der Waals surface area contributed by atoms with Crippen LogP contribution < -0.4 is 5.43 Å². The lowest BCUT2D eigenvalue weighted by molar-refractivity contribution is -0.385. The summed E-state index contributed by atoms with van der Waals surface area (Å²) in [6.07, 6.45) is 1.17. The number of para-hydroxylation sites is 1. The molecule has 0 saturated carbocycles. The average Bonchev–Trinajstić information content (AvgIpc) is 2.52. The number of carbonyl (C=O) groups is 1. The Morgan fingerprint density at radius 1 is 1.42 bits per heavy atom. The van der Waals surface area contributed by atoms with Gasteiger partial charge in [0.15, 0.2) is 0 Å². The molecule has 0 aliphatic carbocycles. The van der Waals surface area contributed by atoms with Crippen molar-refractivity contribution in [1.82, 2.24) is 5.43 Å². The maximum atomic E-state index is 11.8. The Hall–Kier alpha value is -2.45. The Morgan fingerprint density at radius 3 is 2.79 bits per heavy atom. The van der Waals surface area contributed by atoms with Gasteiger partial charge in [-0.2, -0.15) is 5.10 Å². The zero-order valence-corrected chi connectivity index (χ0v) is 14.4. The Balaban J connectivity index is 2.03. The summed E-state index contributed by atoms with van der Waals surface area (Å²) in [7, 11) is 0. The van der Waals surface area contributed by atoms with Crippen molar-refractivity contribution in [3.63, 3.8) is 0 Å². The van der Waals surface area contributed by atoms with Crippen molar-refractivity contribution >= 4 is 45.3 Å². The van der Waals surface area contributed by atoms with Gasteiger partial charge < -0.3 is 5.11 Å². The van der Waals surface area contributed by atoms with E-state index in [1.807, 2.05) is 0 Å². The first kappa shape index (κ1) is 17.9. The molecule has 2 rings (SSSR count). The summed E-state index contributed by atoms with van der Waals surface area (Å²) in [5, 5.41) is 24.3. The smallest absolute Gasteiger partial charge is 0.273 e. The van der Waals surface area contributed by atoms with Crippen LogP contribution in [0, 0.1) is 10.1 Å². The zero-order valence-electron chi connectivity index (χ0n) is 12.1. The molecule has 0 radical (unpaired) electrons. The van der Waals surface area contributed by atoms with Crippen LogP contribution in [0.3, 0.4) is 0 Å². The largest absolute Gasteiger partial charge is 0.505 e. The molecular weight excluding hydrogens is 402 g/mol. The standard InChI is InChI=1S/C15H11BrClN3O4/c16-11-5-9(6-12(17)15(11)22)8-18-19-14(21)7-10-3-1-2-4-13(10)20(23)24/h1-6,8,22H,7H2,(H,19,21)/b18-8+. The molecular formula is C15H11BrClN3O4. The molecule has 0 aliphatic heterocycles. The number of nitrogens with zero attached hydrogens (tertiary/aromatic N) is 2. The van der Waals surface area contributed by atoms with E-state index in [2.05, 4.69) is 26.5 Å². The second-order valence-electron chi connectivity index (χ2n) is 4.69. The van der Waals surface area contributed by atoms with E-state index in [9.17, 15) is 20.0 Å². The lowest BCUT2D eigenvalue weighted by Gasteiger charge is -2.03. The van der Waals surface area contributed by atoms with Gasteiger partial charge in [0.1, 0.15) is 5.75 Å². The molecule has 1 amide bonds. The first-order chi connectivity index (χ1) is 11.4. The van der Waals surface area contributed by atoms with Gasteiger partial charge >= 0.3 is 0 Å². The van der Waals surface area contributed by atoms with Crippen LogP contribution in [0.4, 0.5) is 5.69 Å². The number of hydrazone groups is 1. The van der Waals surface area contributed by atoms with Crippen LogP contribution in [0.1, 0.15) is 11.1 Å². The SMILES string of the molecule is O=C(Cc1ccccc1[N+](=O)[O-])N/N=C/c1cc(Cl)c(O)c(Br)c1. The van der Waals surface area contributed by atoms with Gasteiger partial charge in [-0.1, -0.05) is 29.8 Å². The van der Waals surface area contributed by atoms with Gasteiger partial charge in [-0.05, 0) is 33.6 Å². The lowest BCUT2D eigenvalue weighted by Crippen LogP contribution is -2.20. The van der Waals surface area contributed by atoms with Crippen molar-refractivity contribution in [3.05, 3.63) is 67.1 Å². The van der Waals surface area contributed by atoms with E-state index >= 15 is 0 Å². The van der Waals surface area contributed by atoms with Crippen LogP contribution >= 0.6 is 27.5 Å². The number of phenolic OH excluding ortho intramolecular Hbond substituents is 1. The maximum Gasteiger partial charge on any atom is 0.273 e. The Morgan fingerprint density at radius 2 is 2.12 bits per heavy atom. The summed E-state index contributed by atoms with van der Waals surface area (Å²) in [6.45, 7) is 0.